The lowest BCUT2D eigenvalue weighted by Gasteiger charge is -2.39. The van der Waals surface area contributed by atoms with Gasteiger partial charge in [-0.15, -0.1) is 0 Å². The van der Waals surface area contributed by atoms with Gasteiger partial charge in [-0.3, -0.25) is 14.9 Å². The van der Waals surface area contributed by atoms with E-state index in [0.29, 0.717) is 28.1 Å². The number of carbonyl (C=O) groups is 2. The van der Waals surface area contributed by atoms with Gasteiger partial charge < -0.3 is 20.4 Å². The van der Waals surface area contributed by atoms with E-state index in [-0.39, 0.29) is 11.7 Å². The van der Waals surface area contributed by atoms with Crippen LogP contribution in [0.4, 0.5) is 30.8 Å². The molecule has 4 aromatic rings. The summed E-state index contributed by atoms with van der Waals surface area (Å²) in [7, 11) is 3.28. The molecule has 4 heterocycles. The van der Waals surface area contributed by atoms with Gasteiger partial charge in [0.1, 0.15) is 5.82 Å². The predicted molar refractivity (Wildman–Crippen MR) is 131 cm³/mol. The molecule has 1 aromatic carbocycles. The van der Waals surface area contributed by atoms with E-state index in [1.807, 2.05) is 12.1 Å². The van der Waals surface area contributed by atoms with Crippen LogP contribution in [-0.2, 0) is 0 Å². The smallest absolute Gasteiger partial charge is 0.321 e. The first-order chi connectivity index (χ1) is 17.2. The number of H-pyrrole nitrogens is 1. The Morgan fingerprint density at radius 1 is 1.03 bits per heavy atom. The molecule has 3 aromatic heterocycles. The first kappa shape index (κ1) is 23.1. The van der Waals surface area contributed by atoms with E-state index < -0.39 is 24.9 Å². The first-order valence-electron chi connectivity index (χ1n) is 11.0. The Morgan fingerprint density at radius 2 is 1.83 bits per heavy atom. The first-order valence-corrected chi connectivity index (χ1v) is 11.0. The van der Waals surface area contributed by atoms with Crippen molar-refractivity contribution in [1.29, 1.82) is 0 Å². The van der Waals surface area contributed by atoms with E-state index >= 15 is 0 Å². The molecule has 1 aliphatic heterocycles. The molecule has 1 saturated heterocycles. The fraction of sp³-hybridized carbons (Fsp3) is 0.208. The maximum Gasteiger partial charge on any atom is 0.321 e. The number of carbonyl (C=O) groups excluding carboxylic acids is 2. The minimum absolute atomic E-state index is 0.172. The molecule has 10 nitrogen and oxygen atoms in total. The number of halogens is 2. The van der Waals surface area contributed by atoms with Gasteiger partial charge in [0.05, 0.1) is 30.5 Å². The van der Waals surface area contributed by atoms with Crippen LogP contribution in [0.1, 0.15) is 10.5 Å². The summed E-state index contributed by atoms with van der Waals surface area (Å²) in [5.74, 6) is -2.82. The number of nitrogens with zero attached hydrogens (tertiary/aromatic N) is 5. The molecule has 0 atom stereocenters. The van der Waals surface area contributed by atoms with Crippen molar-refractivity contribution in [1.82, 2.24) is 25.1 Å². The van der Waals surface area contributed by atoms with Crippen molar-refractivity contribution < 1.29 is 18.4 Å². The van der Waals surface area contributed by atoms with E-state index in [1.165, 1.54) is 16.0 Å². The molecule has 0 saturated carbocycles. The fourth-order valence-corrected chi connectivity index (χ4v) is 3.80. The summed E-state index contributed by atoms with van der Waals surface area (Å²) >= 11 is 0. The molecule has 184 valence electrons. The quantitative estimate of drug-likeness (QED) is 0.390. The Balaban J connectivity index is 1.38. The molecule has 3 amide bonds. The van der Waals surface area contributed by atoms with Crippen molar-refractivity contribution in [3.8, 4) is 11.1 Å². The molecule has 0 aliphatic carbocycles. The highest BCUT2D eigenvalue weighted by Crippen LogP contribution is 2.32. The number of urea groups is 1. The highest BCUT2D eigenvalue weighted by atomic mass is 19.3. The molecule has 1 fully saturated rings. The second kappa shape index (κ2) is 8.87. The molecule has 0 unspecified atom stereocenters. The molecule has 0 radical (unpaired) electrons. The lowest BCUT2D eigenvalue weighted by molar-refractivity contribution is -0.0267. The highest BCUT2D eigenvalue weighted by molar-refractivity contribution is 6.11. The Morgan fingerprint density at radius 3 is 2.58 bits per heavy atom. The monoisotopic (exact) mass is 492 g/mol. The number of pyridine rings is 2. The van der Waals surface area contributed by atoms with Crippen molar-refractivity contribution in [3.63, 3.8) is 0 Å². The number of aromatic nitrogens is 4. The number of amides is 3. The number of hydrogen-bond acceptors (Lipinski definition) is 6. The molecule has 1 aliphatic rings. The maximum atomic E-state index is 13.2. The van der Waals surface area contributed by atoms with Crippen LogP contribution in [0, 0.1) is 0 Å². The topological polar surface area (TPSA) is 119 Å². The van der Waals surface area contributed by atoms with E-state index in [1.54, 1.807) is 50.8 Å². The van der Waals surface area contributed by atoms with Crippen molar-refractivity contribution in [2.75, 3.05) is 42.7 Å². The van der Waals surface area contributed by atoms with Crippen LogP contribution in [0.2, 0.25) is 0 Å². The van der Waals surface area contributed by atoms with Crippen LogP contribution in [0.25, 0.3) is 22.0 Å². The zero-order valence-electron chi connectivity index (χ0n) is 19.4. The summed E-state index contributed by atoms with van der Waals surface area (Å²) in [5, 5.41) is 13.1. The fourth-order valence-electron chi connectivity index (χ4n) is 3.80. The number of anilines is 3. The molecular formula is C24H22F2N8O2. The summed E-state index contributed by atoms with van der Waals surface area (Å²) in [5.41, 5.74) is 3.30. The van der Waals surface area contributed by atoms with Gasteiger partial charge in [-0.1, -0.05) is 6.07 Å². The summed E-state index contributed by atoms with van der Waals surface area (Å²) < 4.78 is 26.4. The Kier molecular flexibility index (Phi) is 5.71. The minimum Gasteiger partial charge on any atom is -0.344 e. The largest absolute Gasteiger partial charge is 0.344 e. The normalized spacial score (nSPS) is 14.3. The minimum atomic E-state index is -2.72. The number of benzene rings is 1. The number of rotatable bonds is 5. The van der Waals surface area contributed by atoms with Crippen molar-refractivity contribution in [2.45, 2.75) is 5.92 Å². The summed E-state index contributed by atoms with van der Waals surface area (Å²) in [6.45, 7) is -0.807. The number of aromatic amines is 1. The standard InChI is InChI=1S/C24H22F2N8O2/c1-33(2)23(36)30-17-7-15(10-27-11-17)14-3-4-19-18(8-14)21(32-31-19)22(35)29-16-5-6-28-20(9-16)34-12-24(25,26)13-34/h3-11H,12-13H2,1-2H3,(H,30,36)(H,31,32)(H,28,29,35). The number of fused-ring (bicyclic) bond motifs is 1. The van der Waals surface area contributed by atoms with Crippen LogP contribution in [0.3, 0.4) is 0 Å². The SMILES string of the molecule is CN(C)C(=O)Nc1cncc(-c2ccc3[nH]nc(C(=O)Nc4ccnc(N5CC(F)(F)C5)c4)c3c2)c1. The lowest BCUT2D eigenvalue weighted by atomic mass is 10.0. The van der Waals surface area contributed by atoms with Crippen molar-refractivity contribution >= 4 is 40.0 Å². The van der Waals surface area contributed by atoms with Crippen molar-refractivity contribution in [2.24, 2.45) is 0 Å². The van der Waals surface area contributed by atoms with Gasteiger partial charge in [-0.05, 0) is 29.8 Å². The number of hydrogen-bond donors (Lipinski definition) is 3. The number of alkyl halides is 2. The van der Waals surface area contributed by atoms with Crippen LogP contribution in [0.15, 0.2) is 55.0 Å². The Labute approximate surface area is 204 Å². The summed E-state index contributed by atoms with van der Waals surface area (Å²) in [4.78, 5) is 36.2. The molecular weight excluding hydrogens is 470 g/mol. The van der Waals surface area contributed by atoms with Gasteiger partial charge in [0.15, 0.2) is 5.69 Å². The third-order valence-electron chi connectivity index (χ3n) is 5.68. The van der Waals surface area contributed by atoms with Gasteiger partial charge in [0, 0.05) is 49.2 Å². The molecule has 3 N–H and O–H groups in total. The number of nitrogens with one attached hydrogen (secondary N) is 3. The van der Waals surface area contributed by atoms with Gasteiger partial charge in [-0.2, -0.15) is 5.10 Å². The van der Waals surface area contributed by atoms with Crippen LogP contribution in [-0.4, -0.2) is 70.1 Å². The van der Waals surface area contributed by atoms with Gasteiger partial charge in [0.2, 0.25) is 0 Å². The molecule has 36 heavy (non-hydrogen) atoms. The Hall–Kier alpha value is -4.61. The zero-order chi connectivity index (χ0) is 25.4. The molecule has 0 bridgehead atoms. The van der Waals surface area contributed by atoms with Crippen molar-refractivity contribution in [3.05, 3.63) is 60.7 Å². The van der Waals surface area contributed by atoms with Crippen LogP contribution >= 0.6 is 0 Å². The zero-order valence-corrected chi connectivity index (χ0v) is 19.4. The van der Waals surface area contributed by atoms with Gasteiger partial charge in [-0.25, -0.2) is 18.6 Å². The summed E-state index contributed by atoms with van der Waals surface area (Å²) in [6.07, 6.45) is 4.66. The summed E-state index contributed by atoms with van der Waals surface area (Å²) in [6, 6.07) is 10.1. The van der Waals surface area contributed by atoms with Gasteiger partial charge in [0.25, 0.3) is 11.8 Å². The third kappa shape index (κ3) is 4.65. The van der Waals surface area contributed by atoms with E-state index in [0.717, 1.165) is 11.1 Å². The molecule has 5 rings (SSSR count). The van der Waals surface area contributed by atoms with E-state index in [4.69, 9.17) is 0 Å². The molecule has 0 spiro atoms. The van der Waals surface area contributed by atoms with Crippen LogP contribution in [0.5, 0.6) is 0 Å². The third-order valence-corrected chi connectivity index (χ3v) is 5.68. The Bertz CT molecular complexity index is 1460. The predicted octanol–water partition coefficient (Wildman–Crippen LogP) is 3.82. The lowest BCUT2D eigenvalue weighted by Crippen LogP contribution is -2.56. The van der Waals surface area contributed by atoms with E-state index in [2.05, 4.69) is 30.8 Å². The average Bonchev–Trinajstić information content (AvgIpc) is 3.26. The van der Waals surface area contributed by atoms with Crippen LogP contribution < -0.4 is 15.5 Å². The van der Waals surface area contributed by atoms with E-state index in [9.17, 15) is 18.4 Å². The highest BCUT2D eigenvalue weighted by Gasteiger charge is 2.44. The molecule has 12 heteroatoms. The average molecular weight is 492 g/mol. The maximum absolute atomic E-state index is 13.2. The second-order valence-corrected chi connectivity index (χ2v) is 8.69. The van der Waals surface area contributed by atoms with Gasteiger partial charge >= 0.3 is 6.03 Å². The second-order valence-electron chi connectivity index (χ2n) is 8.69.